The molecule has 0 bridgehead atoms. The number of hydrogen-bond acceptors (Lipinski definition) is 4. The lowest BCUT2D eigenvalue weighted by Crippen LogP contribution is -2.57. The summed E-state index contributed by atoms with van der Waals surface area (Å²) in [4.78, 5) is 14.6. The second kappa shape index (κ2) is 8.06. The lowest BCUT2D eigenvalue weighted by molar-refractivity contribution is -0.134. The molecule has 2 atom stereocenters. The first-order valence-corrected chi connectivity index (χ1v) is 10.4. The average molecular weight is 387 g/mol. The summed E-state index contributed by atoms with van der Waals surface area (Å²) < 4.78 is 25.2. The molecule has 1 saturated heterocycles. The minimum absolute atomic E-state index is 0. The van der Waals surface area contributed by atoms with Gasteiger partial charge >= 0.3 is 0 Å². The maximum Gasteiger partial charge on any atom is 0.223 e. The Bertz CT molecular complexity index is 736. The van der Waals surface area contributed by atoms with E-state index >= 15 is 0 Å². The molecule has 2 unspecified atom stereocenters. The molecule has 2 aliphatic rings. The summed E-state index contributed by atoms with van der Waals surface area (Å²) in [5, 5.41) is 3.33. The zero-order valence-corrected chi connectivity index (χ0v) is 16.5. The SMILES string of the molecule is CC1NCCN(C(=O)CCS(=O)(=O)c2ccc3c(c2)CCC3)C1C.Cl. The monoisotopic (exact) mass is 386 g/mol. The maximum absolute atomic E-state index is 12.6. The van der Waals surface area contributed by atoms with Gasteiger partial charge in [-0.3, -0.25) is 4.79 Å². The number of nitrogens with zero attached hydrogens (tertiary/aromatic N) is 1. The van der Waals surface area contributed by atoms with Gasteiger partial charge in [0.2, 0.25) is 5.91 Å². The molecule has 25 heavy (non-hydrogen) atoms. The molecule has 1 N–H and O–H groups in total. The van der Waals surface area contributed by atoms with Crippen LogP contribution in [-0.2, 0) is 27.5 Å². The zero-order chi connectivity index (χ0) is 17.3. The predicted octanol–water partition coefficient (Wildman–Crippen LogP) is 1.97. The van der Waals surface area contributed by atoms with Crippen LogP contribution in [0.25, 0.3) is 0 Å². The molecule has 0 spiro atoms. The van der Waals surface area contributed by atoms with Crippen molar-refractivity contribution in [2.75, 3.05) is 18.8 Å². The molecule has 1 aromatic rings. The first-order valence-electron chi connectivity index (χ1n) is 8.76. The van der Waals surface area contributed by atoms with Gasteiger partial charge in [0.15, 0.2) is 9.84 Å². The first-order chi connectivity index (χ1) is 11.4. The van der Waals surface area contributed by atoms with Gasteiger partial charge in [-0.15, -0.1) is 12.4 Å². The van der Waals surface area contributed by atoms with Crippen molar-refractivity contribution in [3.05, 3.63) is 29.3 Å². The molecule has 1 aliphatic heterocycles. The number of fused-ring (bicyclic) bond motifs is 1. The molecule has 0 aromatic heterocycles. The molecule has 1 fully saturated rings. The predicted molar refractivity (Wildman–Crippen MR) is 101 cm³/mol. The van der Waals surface area contributed by atoms with Crippen LogP contribution in [0, 0.1) is 0 Å². The van der Waals surface area contributed by atoms with E-state index < -0.39 is 9.84 Å². The van der Waals surface area contributed by atoms with Crippen LogP contribution in [-0.4, -0.2) is 50.2 Å². The van der Waals surface area contributed by atoms with E-state index in [1.165, 1.54) is 5.56 Å². The minimum Gasteiger partial charge on any atom is -0.337 e. The van der Waals surface area contributed by atoms with Crippen LogP contribution in [0.1, 0.15) is 37.8 Å². The van der Waals surface area contributed by atoms with Gasteiger partial charge in [0.25, 0.3) is 0 Å². The topological polar surface area (TPSA) is 66.5 Å². The highest BCUT2D eigenvalue weighted by molar-refractivity contribution is 7.91. The summed E-state index contributed by atoms with van der Waals surface area (Å²) in [6.45, 7) is 5.45. The lowest BCUT2D eigenvalue weighted by Gasteiger charge is -2.38. The molecule has 140 valence electrons. The Labute approximate surface area is 156 Å². The van der Waals surface area contributed by atoms with E-state index in [0.717, 1.165) is 31.4 Å². The number of piperazine rings is 1. The molecular formula is C18H27ClN2O3S. The zero-order valence-electron chi connectivity index (χ0n) is 14.8. The van der Waals surface area contributed by atoms with Crippen molar-refractivity contribution in [2.24, 2.45) is 0 Å². The highest BCUT2D eigenvalue weighted by atomic mass is 35.5. The molecule has 3 rings (SSSR count). The third-order valence-corrected chi connectivity index (χ3v) is 7.08. The standard InChI is InChI=1S/C18H26N2O3S.ClH/c1-13-14(2)20(10-9-19-13)18(21)8-11-24(22,23)17-7-6-15-4-3-5-16(15)12-17;/h6-7,12-14,19H,3-5,8-11H2,1-2H3;1H. The van der Waals surface area contributed by atoms with Gasteiger partial charge in [-0.05, 0) is 56.4 Å². The number of sulfone groups is 1. The maximum atomic E-state index is 12.6. The van der Waals surface area contributed by atoms with E-state index in [1.807, 2.05) is 19.9 Å². The van der Waals surface area contributed by atoms with Crippen LogP contribution in [0.4, 0.5) is 0 Å². The molecule has 5 nitrogen and oxygen atoms in total. The van der Waals surface area contributed by atoms with Crippen LogP contribution in [0.2, 0.25) is 0 Å². The van der Waals surface area contributed by atoms with Crippen LogP contribution >= 0.6 is 12.4 Å². The van der Waals surface area contributed by atoms with Crippen molar-refractivity contribution in [1.82, 2.24) is 10.2 Å². The molecule has 1 heterocycles. The Morgan fingerprint density at radius 1 is 1.24 bits per heavy atom. The summed E-state index contributed by atoms with van der Waals surface area (Å²) in [6.07, 6.45) is 3.13. The van der Waals surface area contributed by atoms with Gasteiger partial charge in [-0.1, -0.05) is 6.07 Å². The van der Waals surface area contributed by atoms with Gasteiger partial charge in [0.05, 0.1) is 10.6 Å². The number of hydrogen-bond donors (Lipinski definition) is 1. The number of aryl methyl sites for hydroxylation is 2. The fourth-order valence-electron chi connectivity index (χ4n) is 3.63. The van der Waals surface area contributed by atoms with E-state index in [-0.39, 0.29) is 42.6 Å². The lowest BCUT2D eigenvalue weighted by atomic mass is 10.1. The summed E-state index contributed by atoms with van der Waals surface area (Å²) >= 11 is 0. The van der Waals surface area contributed by atoms with Crippen molar-refractivity contribution < 1.29 is 13.2 Å². The van der Waals surface area contributed by atoms with Crippen LogP contribution in [0.3, 0.4) is 0 Å². The van der Waals surface area contributed by atoms with Crippen molar-refractivity contribution in [2.45, 2.75) is 56.5 Å². The van der Waals surface area contributed by atoms with Gasteiger partial charge in [-0.25, -0.2) is 8.42 Å². The molecule has 7 heteroatoms. The largest absolute Gasteiger partial charge is 0.337 e. The van der Waals surface area contributed by atoms with Crippen molar-refractivity contribution in [1.29, 1.82) is 0 Å². The second-order valence-electron chi connectivity index (χ2n) is 6.92. The fraction of sp³-hybridized carbons (Fsp3) is 0.611. The Balaban J connectivity index is 0.00000225. The second-order valence-corrected chi connectivity index (χ2v) is 9.03. The Morgan fingerprint density at radius 2 is 1.96 bits per heavy atom. The Hall–Kier alpha value is -1.11. The Morgan fingerprint density at radius 3 is 2.72 bits per heavy atom. The summed E-state index contributed by atoms with van der Waals surface area (Å²) in [5.41, 5.74) is 2.40. The summed E-state index contributed by atoms with van der Waals surface area (Å²) in [7, 11) is -3.41. The molecule has 1 amide bonds. The normalized spacial score (nSPS) is 23.0. The van der Waals surface area contributed by atoms with Gasteiger partial charge in [0, 0.05) is 31.6 Å². The van der Waals surface area contributed by atoms with Crippen molar-refractivity contribution in [3.63, 3.8) is 0 Å². The van der Waals surface area contributed by atoms with Gasteiger partial charge < -0.3 is 10.2 Å². The van der Waals surface area contributed by atoms with Crippen LogP contribution < -0.4 is 5.32 Å². The van der Waals surface area contributed by atoms with E-state index in [2.05, 4.69) is 5.32 Å². The first kappa shape index (κ1) is 20.2. The third-order valence-electron chi connectivity index (χ3n) is 5.37. The number of halogens is 1. The molecule has 0 saturated carbocycles. The highest BCUT2D eigenvalue weighted by Gasteiger charge is 2.29. The fourth-order valence-corrected chi connectivity index (χ4v) is 4.91. The number of nitrogens with one attached hydrogen (secondary N) is 1. The molecular weight excluding hydrogens is 360 g/mol. The molecule has 1 aliphatic carbocycles. The van der Waals surface area contributed by atoms with E-state index in [9.17, 15) is 13.2 Å². The van der Waals surface area contributed by atoms with Gasteiger partial charge in [0.1, 0.15) is 0 Å². The average Bonchev–Trinajstić information content (AvgIpc) is 3.03. The molecule has 1 aromatic carbocycles. The number of carbonyl (C=O) groups is 1. The highest BCUT2D eigenvalue weighted by Crippen LogP contribution is 2.25. The third kappa shape index (κ3) is 4.36. The minimum atomic E-state index is -3.41. The van der Waals surface area contributed by atoms with Crippen LogP contribution in [0.15, 0.2) is 23.1 Å². The van der Waals surface area contributed by atoms with Crippen LogP contribution in [0.5, 0.6) is 0 Å². The smallest absolute Gasteiger partial charge is 0.223 e. The van der Waals surface area contributed by atoms with Gasteiger partial charge in [-0.2, -0.15) is 0 Å². The number of benzene rings is 1. The Kier molecular flexibility index (Phi) is 6.51. The van der Waals surface area contributed by atoms with E-state index in [0.29, 0.717) is 11.4 Å². The van der Waals surface area contributed by atoms with Crippen molar-refractivity contribution in [3.8, 4) is 0 Å². The van der Waals surface area contributed by atoms with Crippen molar-refractivity contribution >= 4 is 28.2 Å². The number of rotatable bonds is 4. The van der Waals surface area contributed by atoms with E-state index in [4.69, 9.17) is 0 Å². The summed E-state index contributed by atoms with van der Waals surface area (Å²) in [5.74, 6) is -0.184. The molecule has 0 radical (unpaired) electrons. The summed E-state index contributed by atoms with van der Waals surface area (Å²) in [6, 6.07) is 5.75. The number of carbonyl (C=O) groups excluding carboxylic acids is 1. The quantitative estimate of drug-likeness (QED) is 0.859. The number of amides is 1. The van der Waals surface area contributed by atoms with E-state index in [1.54, 1.807) is 17.0 Å².